The van der Waals surface area contributed by atoms with Crippen molar-refractivity contribution in [3.05, 3.63) is 42.2 Å². The van der Waals surface area contributed by atoms with Crippen molar-refractivity contribution in [3.63, 3.8) is 0 Å². The van der Waals surface area contributed by atoms with Gasteiger partial charge < -0.3 is 9.15 Å². The van der Waals surface area contributed by atoms with Gasteiger partial charge in [-0.25, -0.2) is 9.69 Å². The predicted octanol–water partition coefficient (Wildman–Crippen LogP) is 4.16. The van der Waals surface area contributed by atoms with E-state index in [9.17, 15) is 9.59 Å². The molecule has 0 N–H and O–H groups in total. The molecule has 5 nitrogen and oxygen atoms in total. The van der Waals surface area contributed by atoms with Crippen molar-refractivity contribution in [2.45, 2.75) is 39.2 Å². The Balaban J connectivity index is 1.96. The number of amides is 2. The lowest BCUT2D eigenvalue weighted by molar-refractivity contribution is -0.118. The molecule has 0 fully saturated rings. The number of hydrogen-bond acceptors (Lipinski definition) is 4. The lowest BCUT2D eigenvalue weighted by atomic mass is 9.98. The van der Waals surface area contributed by atoms with Gasteiger partial charge in [-0.1, -0.05) is 0 Å². The Bertz CT molecular complexity index is 741. The molecule has 2 aromatic rings. The Kier molecular flexibility index (Phi) is 3.72. The molecule has 5 heteroatoms. The number of fused-ring (bicyclic) bond motifs is 1. The molecule has 0 spiro atoms. The van der Waals surface area contributed by atoms with Gasteiger partial charge in [-0.3, -0.25) is 4.79 Å². The van der Waals surface area contributed by atoms with E-state index in [0.717, 1.165) is 21.8 Å². The zero-order chi connectivity index (χ0) is 16.6. The predicted molar refractivity (Wildman–Crippen MR) is 86.2 cm³/mol. The van der Waals surface area contributed by atoms with E-state index in [2.05, 4.69) is 0 Å². The van der Waals surface area contributed by atoms with Crippen LogP contribution < -0.4 is 4.90 Å². The first-order valence-electron chi connectivity index (χ1n) is 7.58. The number of ether oxygens (including phenoxy) is 1. The maximum absolute atomic E-state index is 12.4. The van der Waals surface area contributed by atoms with Crippen LogP contribution in [0.5, 0.6) is 0 Å². The second kappa shape index (κ2) is 5.57. The van der Waals surface area contributed by atoms with Crippen LogP contribution in [0, 0.1) is 0 Å². The molecule has 0 saturated carbocycles. The zero-order valence-electron chi connectivity index (χ0n) is 13.5. The quantitative estimate of drug-likeness (QED) is 0.793. The summed E-state index contributed by atoms with van der Waals surface area (Å²) in [6, 6.07) is 9.27. The Morgan fingerprint density at radius 1 is 1.22 bits per heavy atom. The number of benzene rings is 1. The first kappa shape index (κ1) is 15.3. The summed E-state index contributed by atoms with van der Waals surface area (Å²) in [6.07, 6.45) is 1.87. The molecule has 1 aliphatic rings. The van der Waals surface area contributed by atoms with Crippen molar-refractivity contribution >= 4 is 17.7 Å². The van der Waals surface area contributed by atoms with Gasteiger partial charge in [-0.2, -0.15) is 0 Å². The van der Waals surface area contributed by atoms with Gasteiger partial charge in [0, 0.05) is 12.0 Å². The molecule has 2 amide bonds. The van der Waals surface area contributed by atoms with Gasteiger partial charge in [-0.05, 0) is 63.1 Å². The van der Waals surface area contributed by atoms with Gasteiger partial charge in [0.05, 0.1) is 12.0 Å². The number of anilines is 1. The fraction of sp³-hybridized carbons (Fsp3) is 0.333. The largest absolute Gasteiger partial charge is 0.464 e. The van der Waals surface area contributed by atoms with Crippen LogP contribution in [0.3, 0.4) is 0 Å². The first-order valence-corrected chi connectivity index (χ1v) is 7.58. The maximum atomic E-state index is 12.4. The number of hydrogen-bond donors (Lipinski definition) is 0. The van der Waals surface area contributed by atoms with E-state index >= 15 is 0 Å². The summed E-state index contributed by atoms with van der Waals surface area (Å²) in [5.41, 5.74) is 1.80. The van der Waals surface area contributed by atoms with Crippen LogP contribution >= 0.6 is 0 Å². The molecule has 0 aliphatic carbocycles. The second-order valence-electron chi connectivity index (χ2n) is 6.53. The zero-order valence-corrected chi connectivity index (χ0v) is 13.5. The third-order valence-corrected chi connectivity index (χ3v) is 3.56. The van der Waals surface area contributed by atoms with Crippen molar-refractivity contribution in [2.24, 2.45) is 0 Å². The van der Waals surface area contributed by atoms with E-state index in [4.69, 9.17) is 9.15 Å². The van der Waals surface area contributed by atoms with E-state index in [1.165, 1.54) is 0 Å². The molecule has 23 heavy (non-hydrogen) atoms. The van der Waals surface area contributed by atoms with Crippen molar-refractivity contribution in [2.75, 3.05) is 4.90 Å². The Labute approximate surface area is 134 Å². The van der Waals surface area contributed by atoms with E-state index in [1.54, 1.807) is 33.1 Å². The second-order valence-corrected chi connectivity index (χ2v) is 6.53. The number of nitrogens with zero attached hydrogens (tertiary/aromatic N) is 1. The number of carbonyl (C=O) groups is 2. The molecule has 3 rings (SSSR count). The van der Waals surface area contributed by atoms with Crippen molar-refractivity contribution in [3.8, 4) is 11.3 Å². The van der Waals surface area contributed by atoms with Crippen LogP contribution in [-0.2, 0) is 16.0 Å². The van der Waals surface area contributed by atoms with Crippen LogP contribution in [0.2, 0.25) is 0 Å². The molecule has 0 atom stereocenters. The average molecular weight is 313 g/mol. The fourth-order valence-electron chi connectivity index (χ4n) is 2.60. The lowest BCUT2D eigenvalue weighted by Gasteiger charge is -2.30. The summed E-state index contributed by atoms with van der Waals surface area (Å²) in [5, 5.41) is 0. The van der Waals surface area contributed by atoms with Crippen molar-refractivity contribution in [1.82, 2.24) is 0 Å². The number of furan rings is 1. The number of carbonyl (C=O) groups excluding carboxylic acids is 2. The number of rotatable bonds is 1. The molecule has 1 aromatic heterocycles. The summed E-state index contributed by atoms with van der Waals surface area (Å²) < 4.78 is 10.8. The smallest absolute Gasteiger partial charge is 0.421 e. The summed E-state index contributed by atoms with van der Waals surface area (Å²) in [4.78, 5) is 25.7. The summed E-state index contributed by atoms with van der Waals surface area (Å²) in [6.45, 7) is 5.33. The SMILES string of the molecule is CC(C)(C)OC(=O)N1C(=O)CCc2cc(-c3ccco3)ccc21. The van der Waals surface area contributed by atoms with Crippen molar-refractivity contribution in [1.29, 1.82) is 0 Å². The van der Waals surface area contributed by atoms with Crippen LogP contribution in [0.4, 0.5) is 10.5 Å². The standard InChI is InChI=1S/C18H19NO4/c1-18(2,3)23-17(21)19-14-8-6-13(15-5-4-10-22-15)11-12(14)7-9-16(19)20/h4-6,8,10-11H,7,9H2,1-3H3. The monoisotopic (exact) mass is 313 g/mol. The van der Waals surface area contributed by atoms with Gasteiger partial charge in [0.25, 0.3) is 0 Å². The third kappa shape index (κ3) is 3.13. The fourth-order valence-corrected chi connectivity index (χ4v) is 2.60. The highest BCUT2D eigenvalue weighted by atomic mass is 16.6. The van der Waals surface area contributed by atoms with Crippen LogP contribution in [-0.4, -0.2) is 17.6 Å². The molecule has 2 heterocycles. The highest BCUT2D eigenvalue weighted by molar-refractivity contribution is 6.14. The van der Waals surface area contributed by atoms with Crippen LogP contribution in [0.25, 0.3) is 11.3 Å². The van der Waals surface area contributed by atoms with Gasteiger partial charge in [0.2, 0.25) is 5.91 Å². The molecule has 0 bridgehead atoms. The van der Waals surface area contributed by atoms with Gasteiger partial charge in [-0.15, -0.1) is 0 Å². The molecule has 1 aliphatic heterocycles. The van der Waals surface area contributed by atoms with E-state index in [-0.39, 0.29) is 12.3 Å². The molecule has 1 aromatic carbocycles. The normalized spacial score (nSPS) is 14.6. The Morgan fingerprint density at radius 3 is 2.65 bits per heavy atom. The van der Waals surface area contributed by atoms with Gasteiger partial charge in [0.15, 0.2) is 0 Å². The summed E-state index contributed by atoms with van der Waals surface area (Å²) in [7, 11) is 0. The molecule has 120 valence electrons. The van der Waals surface area contributed by atoms with E-state index in [0.29, 0.717) is 12.1 Å². The minimum atomic E-state index is -0.650. The van der Waals surface area contributed by atoms with Crippen LogP contribution in [0.1, 0.15) is 32.8 Å². The lowest BCUT2D eigenvalue weighted by Crippen LogP contribution is -2.43. The third-order valence-electron chi connectivity index (χ3n) is 3.56. The van der Waals surface area contributed by atoms with E-state index in [1.807, 2.05) is 24.3 Å². The molecule has 0 saturated heterocycles. The topological polar surface area (TPSA) is 59.8 Å². The minimum Gasteiger partial charge on any atom is -0.464 e. The highest BCUT2D eigenvalue weighted by Crippen LogP contribution is 2.33. The summed E-state index contributed by atoms with van der Waals surface area (Å²) >= 11 is 0. The molecular formula is C18H19NO4. The van der Waals surface area contributed by atoms with Crippen molar-refractivity contribution < 1.29 is 18.7 Å². The Morgan fingerprint density at radius 2 is 2.00 bits per heavy atom. The maximum Gasteiger partial charge on any atom is 0.421 e. The molecule has 0 unspecified atom stereocenters. The average Bonchev–Trinajstić information content (AvgIpc) is 2.98. The molecule has 0 radical (unpaired) electrons. The van der Waals surface area contributed by atoms with Crippen LogP contribution in [0.15, 0.2) is 41.0 Å². The number of imide groups is 1. The Hall–Kier alpha value is -2.56. The molecular weight excluding hydrogens is 294 g/mol. The summed E-state index contributed by atoms with van der Waals surface area (Å²) in [5.74, 6) is 0.519. The van der Waals surface area contributed by atoms with Gasteiger partial charge in [0.1, 0.15) is 11.4 Å². The van der Waals surface area contributed by atoms with Gasteiger partial charge >= 0.3 is 6.09 Å². The highest BCUT2D eigenvalue weighted by Gasteiger charge is 2.33. The minimum absolute atomic E-state index is 0.238. The first-order chi connectivity index (χ1) is 10.8. The number of aryl methyl sites for hydroxylation is 1. The van der Waals surface area contributed by atoms with E-state index < -0.39 is 11.7 Å².